The fraction of sp³-hybridized carbons (Fsp3) is 0.429. The minimum Gasteiger partial charge on any atom is -0.377 e. The maximum absolute atomic E-state index is 12.6. The lowest BCUT2D eigenvalue weighted by Gasteiger charge is -2.34. The van der Waals surface area contributed by atoms with Gasteiger partial charge in [0.05, 0.1) is 13.2 Å². The van der Waals surface area contributed by atoms with Crippen molar-refractivity contribution in [1.29, 1.82) is 0 Å². The van der Waals surface area contributed by atoms with Gasteiger partial charge in [0, 0.05) is 30.8 Å². The van der Waals surface area contributed by atoms with E-state index in [9.17, 15) is 9.59 Å². The Balaban J connectivity index is 1.80. The van der Waals surface area contributed by atoms with E-state index < -0.39 is 5.69 Å². The van der Waals surface area contributed by atoms with Crippen molar-refractivity contribution in [3.63, 3.8) is 0 Å². The molecule has 8 heteroatoms. The van der Waals surface area contributed by atoms with Crippen LogP contribution in [0.25, 0.3) is 0 Å². The van der Waals surface area contributed by atoms with E-state index >= 15 is 0 Å². The third-order valence-electron chi connectivity index (χ3n) is 3.58. The van der Waals surface area contributed by atoms with Gasteiger partial charge in [0.15, 0.2) is 0 Å². The minimum absolute atomic E-state index is 0.0388. The van der Waals surface area contributed by atoms with E-state index in [0.717, 1.165) is 5.69 Å². The van der Waals surface area contributed by atoms with Gasteiger partial charge in [-0.1, -0.05) is 0 Å². The average Bonchev–Trinajstić information content (AvgIpc) is 2.96. The van der Waals surface area contributed by atoms with Gasteiger partial charge >= 0.3 is 5.69 Å². The number of hydrogen-bond acceptors (Lipinski definition) is 5. The highest BCUT2D eigenvalue weighted by Crippen LogP contribution is 2.22. The molecule has 1 saturated heterocycles. The van der Waals surface area contributed by atoms with Crippen LogP contribution in [0, 0.1) is 6.92 Å². The van der Waals surface area contributed by atoms with Crippen LogP contribution in [-0.2, 0) is 16.1 Å². The molecule has 1 N–H and O–H groups in total. The molecule has 0 saturated carbocycles. The number of nitrogens with one attached hydrogen (secondary N) is 1. The quantitative estimate of drug-likeness (QED) is 0.853. The summed E-state index contributed by atoms with van der Waals surface area (Å²) in [6.45, 7) is 3.20. The Morgan fingerprint density at radius 2 is 2.36 bits per heavy atom. The summed E-state index contributed by atoms with van der Waals surface area (Å²) in [5.74, 6) is 0.543. The maximum Gasteiger partial charge on any atom is 0.347 e. The molecule has 1 unspecified atom stereocenters. The molecule has 0 aromatic carbocycles. The van der Waals surface area contributed by atoms with Crippen molar-refractivity contribution in [1.82, 2.24) is 24.4 Å². The lowest BCUT2D eigenvalue weighted by atomic mass is 10.2. The molecule has 3 rings (SSSR count). The van der Waals surface area contributed by atoms with Gasteiger partial charge < -0.3 is 14.6 Å². The lowest BCUT2D eigenvalue weighted by molar-refractivity contribution is -0.141. The summed E-state index contributed by atoms with van der Waals surface area (Å²) in [6, 6.07) is 1.36. The van der Waals surface area contributed by atoms with Crippen LogP contribution in [0.3, 0.4) is 0 Å². The zero-order chi connectivity index (χ0) is 15.5. The molecule has 116 valence electrons. The van der Waals surface area contributed by atoms with Crippen LogP contribution < -0.4 is 5.69 Å². The van der Waals surface area contributed by atoms with Crippen molar-refractivity contribution < 1.29 is 9.53 Å². The fourth-order valence-electron chi connectivity index (χ4n) is 2.47. The average molecular weight is 303 g/mol. The summed E-state index contributed by atoms with van der Waals surface area (Å²) in [6.07, 6.45) is 4.68. The predicted octanol–water partition coefficient (Wildman–Crippen LogP) is -0.125. The summed E-state index contributed by atoms with van der Waals surface area (Å²) < 4.78 is 6.76. The Labute approximate surface area is 126 Å². The molecule has 8 nitrogen and oxygen atoms in total. The molecule has 1 aliphatic heterocycles. The SMILES string of the molecule is Cc1cnc(C2COCCN2C(=O)Cn2cccnc2=O)[nH]1. The molecule has 1 amide bonds. The molecule has 1 fully saturated rings. The topological polar surface area (TPSA) is 93.1 Å². The Morgan fingerprint density at radius 3 is 3.09 bits per heavy atom. The number of carbonyl (C=O) groups is 1. The maximum atomic E-state index is 12.6. The molecule has 1 aliphatic rings. The Bertz CT molecular complexity index is 723. The van der Waals surface area contributed by atoms with Gasteiger partial charge in [0.25, 0.3) is 0 Å². The molecule has 3 heterocycles. The van der Waals surface area contributed by atoms with E-state index in [1.807, 2.05) is 6.92 Å². The van der Waals surface area contributed by atoms with E-state index in [1.54, 1.807) is 23.4 Å². The first-order valence-corrected chi connectivity index (χ1v) is 7.05. The highest BCUT2D eigenvalue weighted by Gasteiger charge is 2.30. The van der Waals surface area contributed by atoms with Gasteiger partial charge in [-0.25, -0.2) is 14.8 Å². The number of ether oxygens (including phenoxy) is 1. The summed E-state index contributed by atoms with van der Waals surface area (Å²) >= 11 is 0. The van der Waals surface area contributed by atoms with Crippen LogP contribution in [0.15, 0.2) is 29.5 Å². The number of aromatic nitrogens is 4. The smallest absolute Gasteiger partial charge is 0.347 e. The number of rotatable bonds is 3. The van der Waals surface area contributed by atoms with E-state index in [1.165, 1.54) is 10.8 Å². The first-order chi connectivity index (χ1) is 10.6. The van der Waals surface area contributed by atoms with Crippen molar-refractivity contribution in [2.75, 3.05) is 19.8 Å². The number of aromatic amines is 1. The molecule has 0 aliphatic carbocycles. The zero-order valence-corrected chi connectivity index (χ0v) is 12.2. The number of morpholine rings is 1. The molecule has 22 heavy (non-hydrogen) atoms. The summed E-state index contributed by atoms with van der Waals surface area (Å²) in [5, 5.41) is 0. The first-order valence-electron chi connectivity index (χ1n) is 7.05. The number of hydrogen-bond donors (Lipinski definition) is 1. The number of aryl methyl sites for hydroxylation is 1. The molecule has 0 spiro atoms. The van der Waals surface area contributed by atoms with Crippen molar-refractivity contribution in [2.24, 2.45) is 0 Å². The molecular weight excluding hydrogens is 286 g/mol. The van der Waals surface area contributed by atoms with E-state index in [2.05, 4.69) is 15.0 Å². The van der Waals surface area contributed by atoms with E-state index in [0.29, 0.717) is 25.6 Å². The minimum atomic E-state index is -0.436. The molecule has 0 bridgehead atoms. The molecule has 2 aromatic heterocycles. The standard InChI is InChI=1S/C14H17N5O3/c1-10-7-16-13(17-10)11-9-22-6-5-19(11)12(20)8-18-4-2-3-15-14(18)21/h2-4,7,11H,5-6,8-9H2,1H3,(H,16,17). The van der Waals surface area contributed by atoms with Gasteiger partial charge in [0.2, 0.25) is 5.91 Å². The molecule has 2 aromatic rings. The Morgan fingerprint density at radius 1 is 1.50 bits per heavy atom. The van der Waals surface area contributed by atoms with Gasteiger partial charge in [-0.3, -0.25) is 9.36 Å². The number of H-pyrrole nitrogens is 1. The second kappa shape index (κ2) is 6.10. The predicted molar refractivity (Wildman–Crippen MR) is 77.1 cm³/mol. The van der Waals surface area contributed by atoms with Gasteiger partial charge in [0.1, 0.15) is 18.4 Å². The van der Waals surface area contributed by atoms with Crippen molar-refractivity contribution >= 4 is 5.91 Å². The van der Waals surface area contributed by atoms with E-state index in [-0.39, 0.29) is 18.5 Å². The van der Waals surface area contributed by atoms with Crippen LogP contribution in [0.5, 0.6) is 0 Å². The van der Waals surface area contributed by atoms with Gasteiger partial charge in [-0.05, 0) is 13.0 Å². The molecular formula is C14H17N5O3. The first kappa shape index (κ1) is 14.5. The third-order valence-corrected chi connectivity index (χ3v) is 3.58. The Hall–Kier alpha value is -2.48. The molecule has 1 atom stereocenters. The second-order valence-electron chi connectivity index (χ2n) is 5.16. The highest BCUT2D eigenvalue weighted by atomic mass is 16.5. The van der Waals surface area contributed by atoms with Crippen molar-refractivity contribution in [3.05, 3.63) is 46.7 Å². The van der Waals surface area contributed by atoms with Crippen molar-refractivity contribution in [2.45, 2.75) is 19.5 Å². The second-order valence-corrected chi connectivity index (χ2v) is 5.16. The van der Waals surface area contributed by atoms with Gasteiger partial charge in [-0.15, -0.1) is 0 Å². The van der Waals surface area contributed by atoms with Crippen LogP contribution >= 0.6 is 0 Å². The number of nitrogens with zero attached hydrogens (tertiary/aromatic N) is 4. The van der Waals surface area contributed by atoms with Crippen LogP contribution in [0.4, 0.5) is 0 Å². The van der Waals surface area contributed by atoms with E-state index in [4.69, 9.17) is 4.74 Å². The monoisotopic (exact) mass is 303 g/mol. The number of imidazole rings is 1. The number of amides is 1. The zero-order valence-electron chi connectivity index (χ0n) is 12.2. The lowest BCUT2D eigenvalue weighted by Crippen LogP contribution is -2.46. The normalized spacial score (nSPS) is 18.4. The third kappa shape index (κ3) is 2.91. The largest absolute Gasteiger partial charge is 0.377 e. The Kier molecular flexibility index (Phi) is 4.01. The molecule has 0 radical (unpaired) electrons. The fourth-order valence-corrected chi connectivity index (χ4v) is 2.47. The van der Waals surface area contributed by atoms with Crippen molar-refractivity contribution in [3.8, 4) is 0 Å². The van der Waals surface area contributed by atoms with Crippen LogP contribution in [0.2, 0.25) is 0 Å². The number of carbonyl (C=O) groups excluding carboxylic acids is 1. The highest BCUT2D eigenvalue weighted by molar-refractivity contribution is 5.76. The summed E-state index contributed by atoms with van der Waals surface area (Å²) in [7, 11) is 0. The van der Waals surface area contributed by atoms with Crippen LogP contribution in [0.1, 0.15) is 17.6 Å². The summed E-state index contributed by atoms with van der Waals surface area (Å²) in [5.41, 5.74) is 0.492. The van der Waals surface area contributed by atoms with Crippen LogP contribution in [-0.4, -0.2) is 50.1 Å². The van der Waals surface area contributed by atoms with Gasteiger partial charge in [-0.2, -0.15) is 0 Å². The summed E-state index contributed by atoms with van der Waals surface area (Å²) in [4.78, 5) is 37.0.